The standard InChI is InChI=1S/C13H14ClFN2/c1-7(2)10-5-8-4-9(15)6-11(14)12(8)17-13(10)16-3/h4-7H,1-3H3,(H,16,17). The average molecular weight is 253 g/mol. The third-order valence-electron chi connectivity index (χ3n) is 2.72. The number of aromatic nitrogens is 1. The Kier molecular flexibility index (Phi) is 3.20. The highest BCUT2D eigenvalue weighted by atomic mass is 35.5. The fraction of sp³-hybridized carbons (Fsp3) is 0.308. The molecule has 2 aromatic rings. The third kappa shape index (κ3) is 2.20. The minimum absolute atomic E-state index is 0.316. The predicted molar refractivity (Wildman–Crippen MR) is 70.3 cm³/mol. The van der Waals surface area contributed by atoms with Crippen molar-refractivity contribution >= 4 is 28.3 Å². The Balaban J connectivity index is 2.78. The molecule has 0 bridgehead atoms. The van der Waals surface area contributed by atoms with Gasteiger partial charge in [-0.1, -0.05) is 25.4 Å². The van der Waals surface area contributed by atoms with Crippen LogP contribution in [0.4, 0.5) is 10.2 Å². The van der Waals surface area contributed by atoms with Crippen molar-refractivity contribution in [3.8, 4) is 0 Å². The molecule has 4 heteroatoms. The van der Waals surface area contributed by atoms with Crippen LogP contribution in [0, 0.1) is 5.82 Å². The fourth-order valence-corrected chi connectivity index (χ4v) is 2.12. The molecule has 0 radical (unpaired) electrons. The molecule has 0 fully saturated rings. The first kappa shape index (κ1) is 12.1. The molecule has 0 aliphatic heterocycles. The highest BCUT2D eigenvalue weighted by molar-refractivity contribution is 6.35. The molecule has 0 amide bonds. The van der Waals surface area contributed by atoms with E-state index in [2.05, 4.69) is 24.1 Å². The summed E-state index contributed by atoms with van der Waals surface area (Å²) >= 11 is 5.99. The Bertz CT molecular complexity index is 567. The predicted octanol–water partition coefficient (Wildman–Crippen LogP) is 4.19. The van der Waals surface area contributed by atoms with Crippen molar-refractivity contribution < 1.29 is 4.39 Å². The van der Waals surface area contributed by atoms with Gasteiger partial charge in [-0.25, -0.2) is 9.37 Å². The summed E-state index contributed by atoms with van der Waals surface area (Å²) in [6, 6.07) is 4.68. The second kappa shape index (κ2) is 4.49. The van der Waals surface area contributed by atoms with E-state index in [-0.39, 0.29) is 5.82 Å². The van der Waals surface area contributed by atoms with E-state index in [1.165, 1.54) is 12.1 Å². The Morgan fingerprint density at radius 1 is 1.29 bits per heavy atom. The minimum atomic E-state index is -0.337. The van der Waals surface area contributed by atoms with E-state index in [0.29, 0.717) is 16.5 Å². The van der Waals surface area contributed by atoms with Crippen LogP contribution in [-0.4, -0.2) is 12.0 Å². The minimum Gasteiger partial charge on any atom is -0.373 e. The van der Waals surface area contributed by atoms with Crippen LogP contribution < -0.4 is 5.32 Å². The molecule has 0 unspecified atom stereocenters. The Morgan fingerprint density at radius 2 is 2.00 bits per heavy atom. The lowest BCUT2D eigenvalue weighted by Crippen LogP contribution is -2.01. The van der Waals surface area contributed by atoms with Crippen LogP contribution in [0.15, 0.2) is 18.2 Å². The van der Waals surface area contributed by atoms with E-state index in [9.17, 15) is 4.39 Å². The molecule has 0 atom stereocenters. The van der Waals surface area contributed by atoms with Gasteiger partial charge in [0, 0.05) is 12.4 Å². The lowest BCUT2D eigenvalue weighted by atomic mass is 10.0. The molecule has 1 heterocycles. The molecular formula is C13H14ClFN2. The normalized spacial score (nSPS) is 11.2. The van der Waals surface area contributed by atoms with Crippen LogP contribution in [0.25, 0.3) is 10.9 Å². The van der Waals surface area contributed by atoms with Gasteiger partial charge in [0.05, 0.1) is 10.5 Å². The molecule has 0 spiro atoms. The summed E-state index contributed by atoms with van der Waals surface area (Å²) in [5.41, 5.74) is 1.68. The topological polar surface area (TPSA) is 24.9 Å². The van der Waals surface area contributed by atoms with Crippen molar-refractivity contribution in [1.29, 1.82) is 0 Å². The zero-order chi connectivity index (χ0) is 12.6. The van der Waals surface area contributed by atoms with Gasteiger partial charge in [0.1, 0.15) is 11.6 Å². The summed E-state index contributed by atoms with van der Waals surface area (Å²) < 4.78 is 13.3. The molecule has 90 valence electrons. The first-order valence-electron chi connectivity index (χ1n) is 5.50. The van der Waals surface area contributed by atoms with Crippen LogP contribution in [0.5, 0.6) is 0 Å². The first-order valence-corrected chi connectivity index (χ1v) is 5.88. The Hall–Kier alpha value is -1.35. The number of hydrogen-bond acceptors (Lipinski definition) is 2. The molecule has 1 N–H and O–H groups in total. The molecule has 0 saturated carbocycles. The summed E-state index contributed by atoms with van der Waals surface area (Å²) in [5.74, 6) is 0.772. The van der Waals surface area contributed by atoms with Gasteiger partial charge in [-0.15, -0.1) is 0 Å². The largest absolute Gasteiger partial charge is 0.373 e. The second-order valence-electron chi connectivity index (χ2n) is 4.29. The number of nitrogens with one attached hydrogen (secondary N) is 1. The van der Waals surface area contributed by atoms with Crippen molar-refractivity contribution in [3.63, 3.8) is 0 Å². The molecule has 0 saturated heterocycles. The molecule has 1 aromatic heterocycles. The van der Waals surface area contributed by atoms with Gasteiger partial charge in [-0.2, -0.15) is 0 Å². The zero-order valence-corrected chi connectivity index (χ0v) is 10.8. The lowest BCUT2D eigenvalue weighted by Gasteiger charge is -2.13. The van der Waals surface area contributed by atoms with Crippen LogP contribution >= 0.6 is 11.6 Å². The van der Waals surface area contributed by atoms with Crippen molar-refractivity contribution in [3.05, 3.63) is 34.6 Å². The Labute approximate surface area is 105 Å². The number of hydrogen-bond donors (Lipinski definition) is 1. The number of anilines is 1. The number of halogens is 2. The zero-order valence-electron chi connectivity index (χ0n) is 10.0. The van der Waals surface area contributed by atoms with Gasteiger partial charge >= 0.3 is 0 Å². The van der Waals surface area contributed by atoms with E-state index < -0.39 is 0 Å². The van der Waals surface area contributed by atoms with Crippen LogP contribution in [0.3, 0.4) is 0 Å². The maximum atomic E-state index is 13.3. The quantitative estimate of drug-likeness (QED) is 0.867. The average Bonchev–Trinajstić information content (AvgIpc) is 2.27. The van der Waals surface area contributed by atoms with Crippen molar-refractivity contribution in [2.24, 2.45) is 0 Å². The monoisotopic (exact) mass is 252 g/mol. The smallest absolute Gasteiger partial charge is 0.129 e. The molecule has 0 aliphatic rings. The summed E-state index contributed by atoms with van der Waals surface area (Å²) in [5, 5.41) is 4.12. The number of rotatable bonds is 2. The van der Waals surface area contributed by atoms with E-state index in [1.54, 1.807) is 0 Å². The van der Waals surface area contributed by atoms with Gasteiger partial charge < -0.3 is 5.32 Å². The summed E-state index contributed by atoms with van der Waals surface area (Å²) in [7, 11) is 1.82. The number of nitrogens with zero attached hydrogens (tertiary/aromatic N) is 1. The van der Waals surface area contributed by atoms with Crippen LogP contribution in [0.1, 0.15) is 25.3 Å². The number of benzene rings is 1. The van der Waals surface area contributed by atoms with Crippen molar-refractivity contribution in [2.75, 3.05) is 12.4 Å². The fourth-order valence-electron chi connectivity index (χ4n) is 1.87. The van der Waals surface area contributed by atoms with E-state index in [1.807, 2.05) is 13.1 Å². The molecule has 0 aliphatic carbocycles. The van der Waals surface area contributed by atoms with Crippen LogP contribution in [0.2, 0.25) is 5.02 Å². The van der Waals surface area contributed by atoms with Gasteiger partial charge in [0.2, 0.25) is 0 Å². The van der Waals surface area contributed by atoms with Gasteiger partial charge in [0.15, 0.2) is 0 Å². The molecule has 17 heavy (non-hydrogen) atoms. The van der Waals surface area contributed by atoms with Gasteiger partial charge in [0.25, 0.3) is 0 Å². The first-order chi connectivity index (χ1) is 8.02. The molecule has 1 aromatic carbocycles. The number of pyridine rings is 1. The highest BCUT2D eigenvalue weighted by Crippen LogP contribution is 2.30. The lowest BCUT2D eigenvalue weighted by molar-refractivity contribution is 0.629. The summed E-state index contributed by atoms with van der Waals surface area (Å²) in [6.07, 6.45) is 0. The molecule has 2 nitrogen and oxygen atoms in total. The van der Waals surface area contributed by atoms with Crippen LogP contribution in [-0.2, 0) is 0 Å². The molecule has 2 rings (SSSR count). The SMILES string of the molecule is CNc1nc2c(Cl)cc(F)cc2cc1C(C)C. The maximum Gasteiger partial charge on any atom is 0.129 e. The van der Waals surface area contributed by atoms with Crippen molar-refractivity contribution in [2.45, 2.75) is 19.8 Å². The second-order valence-corrected chi connectivity index (χ2v) is 4.70. The Morgan fingerprint density at radius 3 is 2.59 bits per heavy atom. The van der Waals surface area contributed by atoms with Gasteiger partial charge in [-0.3, -0.25) is 0 Å². The van der Waals surface area contributed by atoms with Crippen molar-refractivity contribution in [1.82, 2.24) is 4.98 Å². The summed E-state index contributed by atoms with van der Waals surface area (Å²) in [6.45, 7) is 4.15. The van der Waals surface area contributed by atoms with Gasteiger partial charge in [-0.05, 0) is 29.7 Å². The van der Waals surface area contributed by atoms with E-state index in [4.69, 9.17) is 11.6 Å². The van der Waals surface area contributed by atoms with E-state index >= 15 is 0 Å². The summed E-state index contributed by atoms with van der Waals surface area (Å²) in [4.78, 5) is 4.45. The number of fused-ring (bicyclic) bond motifs is 1. The maximum absolute atomic E-state index is 13.3. The third-order valence-corrected chi connectivity index (χ3v) is 3.01. The molecular weight excluding hydrogens is 239 g/mol. The highest BCUT2D eigenvalue weighted by Gasteiger charge is 2.11. The van der Waals surface area contributed by atoms with E-state index in [0.717, 1.165) is 16.8 Å².